The van der Waals surface area contributed by atoms with Crippen LogP contribution < -0.4 is 5.73 Å². The minimum absolute atomic E-state index is 0.0191. The fourth-order valence-electron chi connectivity index (χ4n) is 7.71. The number of rotatable bonds is 5. The Hall–Kier alpha value is -2.45. The summed E-state index contributed by atoms with van der Waals surface area (Å²) >= 11 is 6.18. The highest BCUT2D eigenvalue weighted by Crippen LogP contribution is 2.44. The normalized spacial score (nSPS) is 29.6. The largest absolute Gasteiger partial charge is 0.421 e. The Morgan fingerprint density at radius 1 is 1.02 bits per heavy atom. The molecule has 1 aromatic carbocycles. The second-order valence-electron chi connectivity index (χ2n) is 15.5. The first kappa shape index (κ1) is 33.4. The number of nitrogens with zero attached hydrogens (tertiary/aromatic N) is 3. The van der Waals surface area contributed by atoms with E-state index in [-0.39, 0.29) is 60.1 Å². The first-order chi connectivity index (χ1) is 19.9. The number of primary amides is 1. The number of quaternary nitrogens is 1. The first-order valence-corrected chi connectivity index (χ1v) is 16.4. The highest BCUT2D eigenvalue weighted by atomic mass is 35.5. The van der Waals surface area contributed by atoms with E-state index in [0.29, 0.717) is 18.0 Å². The highest BCUT2D eigenvalue weighted by molar-refractivity contribution is 6.30. The van der Waals surface area contributed by atoms with Crippen LogP contribution in [0.25, 0.3) is 0 Å². The number of hydrogen-bond donors (Lipinski definition) is 1. The van der Waals surface area contributed by atoms with Gasteiger partial charge in [-0.2, -0.15) is 4.48 Å². The molecule has 5 amide bonds. The minimum atomic E-state index is -0.684. The third-order valence-electron chi connectivity index (χ3n) is 10.4. The molecule has 0 bridgehead atoms. The molecule has 5 atom stereocenters. The molecule has 2 unspecified atom stereocenters. The highest BCUT2D eigenvalue weighted by Gasteiger charge is 2.61. The van der Waals surface area contributed by atoms with Gasteiger partial charge in [0.2, 0.25) is 11.8 Å². The van der Waals surface area contributed by atoms with Crippen LogP contribution >= 0.6 is 11.6 Å². The standard InChI is InChI=1S/C34H51ClN4O4/c1-21(2)29(40)37-18-27(23-9-11-24(35)12-10-23)28(19-37)30(41)39(32(36)43)20-26(17-22(39)3)38(31(42)33(4,5)6)25-13-15-34(7,8)16-14-25/h9-12,21-22,25-28H,13-20H2,1-8H3,(H-,36,43)/p+1/t22?,26-,27-,28+,39?/m0/s1. The molecule has 2 aliphatic heterocycles. The summed E-state index contributed by atoms with van der Waals surface area (Å²) in [6, 6.07) is 6.08. The van der Waals surface area contributed by atoms with Crippen LogP contribution in [0.5, 0.6) is 0 Å². The van der Waals surface area contributed by atoms with E-state index >= 15 is 0 Å². The lowest BCUT2D eigenvalue weighted by atomic mass is 9.74. The van der Waals surface area contributed by atoms with Gasteiger partial charge in [-0.25, -0.2) is 9.59 Å². The van der Waals surface area contributed by atoms with Crippen molar-refractivity contribution in [1.29, 1.82) is 0 Å². The zero-order valence-electron chi connectivity index (χ0n) is 27.4. The van der Waals surface area contributed by atoms with Crippen LogP contribution in [0.2, 0.25) is 5.02 Å². The fourth-order valence-corrected chi connectivity index (χ4v) is 7.83. The summed E-state index contributed by atoms with van der Waals surface area (Å²) in [5, 5.41) is 0.589. The van der Waals surface area contributed by atoms with E-state index < -0.39 is 27.9 Å². The second kappa shape index (κ2) is 12.2. The van der Waals surface area contributed by atoms with Gasteiger partial charge in [0, 0.05) is 47.8 Å². The number of hydrogen-bond acceptors (Lipinski definition) is 4. The number of urea groups is 1. The van der Waals surface area contributed by atoms with E-state index in [1.165, 1.54) is 0 Å². The SMILES string of the molecule is CC(C)C(=O)N1C[C@@H](C(=O)[N+]2(C(N)=O)C[C@@H](N(C(=O)C(C)(C)C)C3CCC(C)(C)CC3)CC2C)[C@H](c2ccc(Cl)cc2)C1. The minimum Gasteiger partial charge on any atom is -0.341 e. The van der Waals surface area contributed by atoms with Gasteiger partial charge in [0.15, 0.2) is 0 Å². The molecule has 0 spiro atoms. The molecular formula is C34H52ClN4O4+. The van der Waals surface area contributed by atoms with Gasteiger partial charge < -0.3 is 15.5 Å². The van der Waals surface area contributed by atoms with Gasteiger partial charge in [-0.3, -0.25) is 9.59 Å². The van der Waals surface area contributed by atoms with Crippen LogP contribution in [0.4, 0.5) is 4.79 Å². The summed E-state index contributed by atoms with van der Waals surface area (Å²) in [6.07, 6.45) is 4.36. The van der Waals surface area contributed by atoms with Gasteiger partial charge in [0.05, 0.1) is 6.04 Å². The number of halogens is 1. The van der Waals surface area contributed by atoms with Crippen molar-refractivity contribution in [2.75, 3.05) is 19.6 Å². The molecule has 1 saturated carbocycles. The maximum Gasteiger partial charge on any atom is 0.421 e. The molecule has 9 heteroatoms. The lowest BCUT2D eigenvalue weighted by Gasteiger charge is -2.44. The Balaban J connectivity index is 1.71. The zero-order valence-corrected chi connectivity index (χ0v) is 28.1. The number of imide groups is 1. The van der Waals surface area contributed by atoms with E-state index in [2.05, 4.69) is 13.8 Å². The molecule has 2 heterocycles. The summed E-state index contributed by atoms with van der Waals surface area (Å²) in [5.74, 6) is -1.34. The monoisotopic (exact) mass is 615 g/mol. The van der Waals surface area contributed by atoms with E-state index in [4.69, 9.17) is 17.3 Å². The van der Waals surface area contributed by atoms with Crippen molar-refractivity contribution in [1.82, 2.24) is 9.80 Å². The van der Waals surface area contributed by atoms with Crippen molar-refractivity contribution in [3.8, 4) is 0 Å². The molecule has 43 heavy (non-hydrogen) atoms. The summed E-state index contributed by atoms with van der Waals surface area (Å²) < 4.78 is -0.505. The summed E-state index contributed by atoms with van der Waals surface area (Å²) in [7, 11) is 0. The van der Waals surface area contributed by atoms with Crippen LogP contribution in [0.15, 0.2) is 24.3 Å². The molecule has 8 nitrogen and oxygen atoms in total. The Labute approximate surface area is 262 Å². The van der Waals surface area contributed by atoms with E-state index in [1.807, 2.05) is 58.6 Å². The predicted octanol–water partition coefficient (Wildman–Crippen LogP) is 5.96. The van der Waals surface area contributed by atoms with Gasteiger partial charge in [0.25, 0.3) is 0 Å². The maximum absolute atomic E-state index is 14.8. The van der Waals surface area contributed by atoms with Gasteiger partial charge >= 0.3 is 11.9 Å². The maximum atomic E-state index is 14.8. The smallest absolute Gasteiger partial charge is 0.341 e. The molecule has 3 fully saturated rings. The first-order valence-electron chi connectivity index (χ1n) is 16.0. The Kier molecular flexibility index (Phi) is 9.45. The molecule has 4 rings (SSSR count). The van der Waals surface area contributed by atoms with Crippen molar-refractivity contribution in [3.63, 3.8) is 0 Å². The molecule has 3 aliphatic rings. The molecule has 2 N–H and O–H groups in total. The fraction of sp³-hybridized carbons (Fsp3) is 0.706. The lowest BCUT2D eigenvalue weighted by Crippen LogP contribution is -2.65. The summed E-state index contributed by atoms with van der Waals surface area (Å²) in [6.45, 7) is 16.8. The van der Waals surface area contributed by atoms with Gasteiger partial charge in [-0.15, -0.1) is 0 Å². The molecule has 0 radical (unpaired) electrons. The Morgan fingerprint density at radius 2 is 1.60 bits per heavy atom. The van der Waals surface area contributed by atoms with Crippen molar-refractivity contribution < 1.29 is 23.7 Å². The average molecular weight is 616 g/mol. The molecule has 1 aliphatic carbocycles. The number of likely N-dealkylation sites (tertiary alicyclic amines) is 2. The predicted molar refractivity (Wildman–Crippen MR) is 169 cm³/mol. The third kappa shape index (κ3) is 6.51. The second-order valence-corrected chi connectivity index (χ2v) is 15.9. The van der Waals surface area contributed by atoms with E-state index in [1.54, 1.807) is 17.0 Å². The molecule has 2 saturated heterocycles. The van der Waals surface area contributed by atoms with E-state index in [9.17, 15) is 19.2 Å². The molecule has 238 valence electrons. The molecule has 1 aromatic rings. The number of carbonyl (C=O) groups excluding carboxylic acids is 4. The Morgan fingerprint density at radius 3 is 2.12 bits per heavy atom. The number of nitrogens with two attached hydrogens (primary N) is 1. The van der Waals surface area contributed by atoms with Crippen LogP contribution in [-0.2, 0) is 14.4 Å². The Bertz CT molecular complexity index is 1230. The van der Waals surface area contributed by atoms with Gasteiger partial charge in [-0.1, -0.05) is 72.2 Å². The van der Waals surface area contributed by atoms with Crippen molar-refractivity contribution >= 4 is 35.4 Å². The van der Waals surface area contributed by atoms with Crippen LogP contribution in [0.1, 0.15) is 99.0 Å². The van der Waals surface area contributed by atoms with Crippen molar-refractivity contribution in [2.24, 2.45) is 28.4 Å². The summed E-state index contributed by atoms with van der Waals surface area (Å²) in [4.78, 5) is 59.3. The van der Waals surface area contributed by atoms with E-state index in [0.717, 1.165) is 31.2 Å². The number of benzene rings is 1. The van der Waals surface area contributed by atoms with Crippen molar-refractivity contribution in [3.05, 3.63) is 34.9 Å². The zero-order chi connectivity index (χ0) is 32.1. The quantitative estimate of drug-likeness (QED) is 0.413. The van der Waals surface area contributed by atoms with Crippen molar-refractivity contribution in [2.45, 2.75) is 112 Å². The number of carbonyl (C=O) groups is 4. The van der Waals surface area contributed by atoms with Gasteiger partial charge in [-0.05, 0) is 55.7 Å². The average Bonchev–Trinajstić information content (AvgIpc) is 3.51. The van der Waals surface area contributed by atoms with Crippen LogP contribution in [0, 0.1) is 22.7 Å². The molecule has 0 aromatic heterocycles. The third-order valence-corrected chi connectivity index (χ3v) is 10.6. The topological polar surface area (TPSA) is 101 Å². The summed E-state index contributed by atoms with van der Waals surface area (Å²) in [5.41, 5.74) is 6.72. The molecular weight excluding hydrogens is 564 g/mol. The lowest BCUT2D eigenvalue weighted by molar-refractivity contribution is -0.786. The van der Waals surface area contributed by atoms with Crippen LogP contribution in [0.3, 0.4) is 0 Å². The van der Waals surface area contributed by atoms with Gasteiger partial charge in [0.1, 0.15) is 18.5 Å². The van der Waals surface area contributed by atoms with Crippen LogP contribution in [-0.4, -0.2) is 75.8 Å². The number of amides is 5.